The predicted octanol–water partition coefficient (Wildman–Crippen LogP) is -0.433. The van der Waals surface area contributed by atoms with Crippen molar-refractivity contribution in [3.63, 3.8) is 0 Å². The number of hydrogen-bond acceptors (Lipinski definition) is 2. The summed E-state index contributed by atoms with van der Waals surface area (Å²) >= 11 is -0.146. The van der Waals surface area contributed by atoms with Crippen LogP contribution in [-0.4, -0.2) is 29.6 Å². The fourth-order valence-electron chi connectivity index (χ4n) is 0.186. The molecule has 1 heterocycles. The zero-order chi connectivity index (χ0) is 3.54. The molecule has 2 nitrogen and oxygen atoms in total. The Balaban J connectivity index is 2.08. The molecule has 0 N–H and O–H groups in total. The second-order valence-corrected chi connectivity index (χ2v) is 2.14. The van der Waals surface area contributed by atoms with E-state index < -0.39 is 0 Å². The second kappa shape index (κ2) is 1.81. The van der Waals surface area contributed by atoms with Crippen LogP contribution in [0.15, 0.2) is 0 Å². The second-order valence-electron chi connectivity index (χ2n) is 0.741. The first-order chi connectivity index (χ1) is 2.50. The van der Waals surface area contributed by atoms with Crippen LogP contribution in [0, 0.1) is 0 Å². The molecule has 1 rings (SSSR count). The zero-order valence-electron chi connectivity index (χ0n) is 2.68. The molecule has 0 unspecified atom stereocenters. The van der Waals surface area contributed by atoms with Crippen LogP contribution >= 0.6 is 0 Å². The van der Waals surface area contributed by atoms with Gasteiger partial charge in [-0.3, -0.25) is 0 Å². The van der Waals surface area contributed by atoms with Crippen LogP contribution in [0.2, 0.25) is 0 Å². The molecular weight excluding hydrogens is 131 g/mol. The van der Waals surface area contributed by atoms with Gasteiger partial charge in [-0.2, -0.15) is 0 Å². The average molecular weight is 135 g/mol. The van der Waals surface area contributed by atoms with Crippen molar-refractivity contribution in [1.82, 2.24) is 0 Å². The van der Waals surface area contributed by atoms with Crippen LogP contribution in [-0.2, 0) is 7.45 Å². The standard InChI is InChI=1S/C2H4AsO2/c1-2-5-3-4-1/h1-2H2. The van der Waals surface area contributed by atoms with Crippen molar-refractivity contribution in [3.8, 4) is 0 Å². The summed E-state index contributed by atoms with van der Waals surface area (Å²) in [4.78, 5) is 0. The molecule has 0 bridgehead atoms. The molecule has 3 heteroatoms. The van der Waals surface area contributed by atoms with Crippen molar-refractivity contribution < 1.29 is 7.45 Å². The van der Waals surface area contributed by atoms with Gasteiger partial charge in [0.1, 0.15) is 0 Å². The molecule has 1 aliphatic rings. The third-order valence-corrected chi connectivity index (χ3v) is 1.58. The van der Waals surface area contributed by atoms with Gasteiger partial charge >= 0.3 is 37.1 Å². The molecule has 0 aromatic rings. The van der Waals surface area contributed by atoms with E-state index in [0.717, 1.165) is 13.2 Å². The topological polar surface area (TPSA) is 18.5 Å². The summed E-state index contributed by atoms with van der Waals surface area (Å²) in [5.41, 5.74) is 0. The fourth-order valence-corrected chi connectivity index (χ4v) is 0.968. The Morgan fingerprint density at radius 3 is 2.00 bits per heavy atom. The van der Waals surface area contributed by atoms with Gasteiger partial charge in [-0.05, 0) is 0 Å². The maximum atomic E-state index is 4.82. The van der Waals surface area contributed by atoms with Crippen LogP contribution in [0.3, 0.4) is 0 Å². The van der Waals surface area contributed by atoms with Crippen molar-refractivity contribution in [2.24, 2.45) is 0 Å². The molecule has 1 aliphatic heterocycles. The van der Waals surface area contributed by atoms with E-state index in [1.165, 1.54) is 0 Å². The van der Waals surface area contributed by atoms with E-state index >= 15 is 0 Å². The third kappa shape index (κ3) is 0.917. The van der Waals surface area contributed by atoms with Crippen LogP contribution in [0.4, 0.5) is 0 Å². The quantitative estimate of drug-likeness (QED) is 0.419. The number of rotatable bonds is 0. The minimum absolute atomic E-state index is 0.146. The molecular formula is C2H4AsO2. The summed E-state index contributed by atoms with van der Waals surface area (Å²) in [6, 6.07) is 0. The minimum atomic E-state index is -0.146. The van der Waals surface area contributed by atoms with Crippen molar-refractivity contribution >= 4 is 16.4 Å². The summed E-state index contributed by atoms with van der Waals surface area (Å²) in [7, 11) is 0. The molecule has 0 atom stereocenters. The van der Waals surface area contributed by atoms with Gasteiger partial charge in [-0.15, -0.1) is 0 Å². The Bertz CT molecular complexity index is 19.2. The van der Waals surface area contributed by atoms with Crippen LogP contribution in [0.1, 0.15) is 0 Å². The van der Waals surface area contributed by atoms with Gasteiger partial charge in [0.05, 0.1) is 0 Å². The van der Waals surface area contributed by atoms with E-state index in [0.29, 0.717) is 0 Å². The SMILES string of the molecule is C1CO[As]O1. The van der Waals surface area contributed by atoms with E-state index in [-0.39, 0.29) is 16.4 Å². The van der Waals surface area contributed by atoms with Gasteiger partial charge in [-0.25, -0.2) is 0 Å². The Morgan fingerprint density at radius 1 is 1.20 bits per heavy atom. The molecule has 0 aliphatic carbocycles. The molecule has 1 saturated heterocycles. The molecule has 0 amide bonds. The van der Waals surface area contributed by atoms with Gasteiger partial charge in [-0.1, -0.05) is 0 Å². The summed E-state index contributed by atoms with van der Waals surface area (Å²) in [5.74, 6) is 0. The van der Waals surface area contributed by atoms with Crippen molar-refractivity contribution in [2.75, 3.05) is 13.2 Å². The van der Waals surface area contributed by atoms with Crippen molar-refractivity contribution in [2.45, 2.75) is 0 Å². The Kier molecular flexibility index (Phi) is 1.32. The summed E-state index contributed by atoms with van der Waals surface area (Å²) in [5, 5.41) is 0. The van der Waals surface area contributed by atoms with Gasteiger partial charge in [0.25, 0.3) is 0 Å². The summed E-state index contributed by atoms with van der Waals surface area (Å²) < 4.78 is 9.63. The van der Waals surface area contributed by atoms with E-state index in [1.54, 1.807) is 0 Å². The van der Waals surface area contributed by atoms with Crippen molar-refractivity contribution in [1.29, 1.82) is 0 Å². The Hall–Kier alpha value is 0.478. The summed E-state index contributed by atoms with van der Waals surface area (Å²) in [6.45, 7) is 1.64. The first-order valence-corrected chi connectivity index (χ1v) is 2.97. The van der Waals surface area contributed by atoms with Gasteiger partial charge in [0.15, 0.2) is 0 Å². The molecule has 1 radical (unpaired) electrons. The Labute approximate surface area is 37.8 Å². The molecule has 0 aromatic heterocycles. The van der Waals surface area contributed by atoms with E-state index in [4.69, 9.17) is 7.45 Å². The molecule has 29 valence electrons. The van der Waals surface area contributed by atoms with Crippen LogP contribution < -0.4 is 0 Å². The number of hydrogen-bond donors (Lipinski definition) is 0. The first-order valence-electron chi connectivity index (χ1n) is 1.44. The van der Waals surface area contributed by atoms with E-state index in [9.17, 15) is 0 Å². The maximum absolute atomic E-state index is 4.82. The molecule has 0 saturated carbocycles. The molecule has 5 heavy (non-hydrogen) atoms. The monoisotopic (exact) mass is 135 g/mol. The van der Waals surface area contributed by atoms with Gasteiger partial charge in [0.2, 0.25) is 0 Å². The van der Waals surface area contributed by atoms with Crippen LogP contribution in [0.25, 0.3) is 0 Å². The van der Waals surface area contributed by atoms with Crippen molar-refractivity contribution in [3.05, 3.63) is 0 Å². The zero-order valence-corrected chi connectivity index (χ0v) is 4.55. The fraction of sp³-hybridized carbons (Fsp3) is 1.00. The average Bonchev–Trinajstić information content (AvgIpc) is 1.76. The summed E-state index contributed by atoms with van der Waals surface area (Å²) in [6.07, 6.45) is 0. The van der Waals surface area contributed by atoms with Gasteiger partial charge in [0, 0.05) is 0 Å². The molecule has 0 spiro atoms. The predicted molar refractivity (Wildman–Crippen MR) is 17.7 cm³/mol. The first kappa shape index (κ1) is 3.66. The van der Waals surface area contributed by atoms with E-state index in [1.807, 2.05) is 0 Å². The van der Waals surface area contributed by atoms with Gasteiger partial charge < -0.3 is 0 Å². The normalized spacial score (nSPS) is 24.0. The van der Waals surface area contributed by atoms with E-state index in [2.05, 4.69) is 0 Å². The van der Waals surface area contributed by atoms with Crippen LogP contribution in [0.5, 0.6) is 0 Å². The Morgan fingerprint density at radius 2 is 1.80 bits per heavy atom. The molecule has 1 fully saturated rings. The third-order valence-electron chi connectivity index (χ3n) is 0.371. The molecule has 0 aromatic carbocycles.